The van der Waals surface area contributed by atoms with Crippen LogP contribution in [0, 0.1) is 10.1 Å². The van der Waals surface area contributed by atoms with Crippen molar-refractivity contribution >= 4 is 16.6 Å². The highest BCUT2D eigenvalue weighted by Gasteiger charge is 2.20. The number of benzene rings is 1. The normalized spacial score (nSPS) is 15.3. The van der Waals surface area contributed by atoms with Gasteiger partial charge in [-0.05, 0) is 12.1 Å². The predicted octanol–water partition coefficient (Wildman–Crippen LogP) is 2.97. The van der Waals surface area contributed by atoms with Gasteiger partial charge in [0.05, 0.1) is 47.9 Å². The van der Waals surface area contributed by atoms with Crippen LogP contribution in [0.3, 0.4) is 0 Å². The molecule has 1 fully saturated rings. The zero-order valence-corrected chi connectivity index (χ0v) is 12.8. The topological polar surface area (TPSA) is 92.6 Å². The lowest BCUT2D eigenvalue weighted by atomic mass is 10.0. The fraction of sp³-hybridized carbons (Fsp3) is 0.312. The van der Waals surface area contributed by atoms with Crippen molar-refractivity contribution < 1.29 is 18.8 Å². The van der Waals surface area contributed by atoms with Crippen molar-refractivity contribution in [1.82, 2.24) is 9.78 Å². The summed E-state index contributed by atoms with van der Waals surface area (Å²) in [5, 5.41) is 16.4. The average Bonchev–Trinajstić information content (AvgIpc) is 3.32. The molecule has 1 aliphatic rings. The van der Waals surface area contributed by atoms with Gasteiger partial charge in [0.25, 0.3) is 5.69 Å². The summed E-state index contributed by atoms with van der Waals surface area (Å²) in [6.45, 7) is 1.83. The lowest BCUT2D eigenvalue weighted by Crippen LogP contribution is -2.12. The number of rotatable bonds is 5. The minimum absolute atomic E-state index is 0.0332. The molecule has 0 N–H and O–H groups in total. The van der Waals surface area contributed by atoms with Gasteiger partial charge in [0.2, 0.25) is 0 Å². The third-order valence-electron chi connectivity index (χ3n) is 4.06. The second-order valence-corrected chi connectivity index (χ2v) is 5.52. The Morgan fingerprint density at radius 1 is 1.33 bits per heavy atom. The lowest BCUT2D eigenvalue weighted by Gasteiger charge is -2.10. The molecule has 0 spiro atoms. The molecule has 8 heteroatoms. The molecule has 0 atom stereocenters. The van der Waals surface area contributed by atoms with Crippen LogP contribution in [0.2, 0.25) is 0 Å². The monoisotopic (exact) mass is 329 g/mol. The molecule has 0 aliphatic carbocycles. The summed E-state index contributed by atoms with van der Waals surface area (Å²) in [6, 6.07) is 5.03. The van der Waals surface area contributed by atoms with E-state index in [-0.39, 0.29) is 16.9 Å². The van der Waals surface area contributed by atoms with E-state index in [2.05, 4.69) is 5.10 Å². The Balaban J connectivity index is 1.72. The zero-order valence-electron chi connectivity index (χ0n) is 12.8. The van der Waals surface area contributed by atoms with E-state index in [0.717, 1.165) is 10.9 Å². The smallest absolute Gasteiger partial charge is 0.278 e. The van der Waals surface area contributed by atoms with Gasteiger partial charge in [-0.15, -0.1) is 0 Å². The summed E-state index contributed by atoms with van der Waals surface area (Å²) >= 11 is 0. The number of aryl methyl sites for hydroxylation is 1. The number of ether oxygens (including phenoxy) is 2. The summed E-state index contributed by atoms with van der Waals surface area (Å²) < 4.78 is 17.7. The highest BCUT2D eigenvalue weighted by molar-refractivity contribution is 5.89. The molecule has 0 radical (unpaired) electrons. The Bertz CT molecular complexity index is 865. The number of nitrogens with zero attached hydrogens (tertiary/aromatic N) is 3. The standard InChI is InChI=1S/C16H15N3O5/c20-19(21)15-7-12-9-17-18(3-1-16-23-5-6-24-16)14(12)8-13(15)11-2-4-22-10-11/h2,4,7-10,16H,1,3,5-6H2. The molecule has 0 unspecified atom stereocenters. The number of nitro benzene ring substituents is 1. The van der Waals surface area contributed by atoms with Crippen LogP contribution in [0.15, 0.2) is 41.3 Å². The first-order valence-corrected chi connectivity index (χ1v) is 7.62. The maximum absolute atomic E-state index is 11.4. The van der Waals surface area contributed by atoms with Gasteiger partial charge in [-0.25, -0.2) is 0 Å². The van der Waals surface area contributed by atoms with E-state index in [9.17, 15) is 10.1 Å². The SMILES string of the molecule is O=[N+]([O-])c1cc2cnn(CCC3OCCO3)c2cc1-c1ccoc1. The number of hydrogen-bond acceptors (Lipinski definition) is 6. The van der Waals surface area contributed by atoms with Crippen LogP contribution in [-0.2, 0) is 16.0 Å². The van der Waals surface area contributed by atoms with Gasteiger partial charge >= 0.3 is 0 Å². The fourth-order valence-electron chi connectivity index (χ4n) is 2.89. The number of aromatic nitrogens is 2. The Morgan fingerprint density at radius 3 is 2.88 bits per heavy atom. The number of furan rings is 1. The summed E-state index contributed by atoms with van der Waals surface area (Å²) in [6.07, 6.45) is 5.09. The van der Waals surface area contributed by atoms with Gasteiger partial charge in [0.15, 0.2) is 6.29 Å². The summed E-state index contributed by atoms with van der Waals surface area (Å²) in [5.41, 5.74) is 2.04. The van der Waals surface area contributed by atoms with Crippen molar-refractivity contribution in [1.29, 1.82) is 0 Å². The summed E-state index contributed by atoms with van der Waals surface area (Å²) in [4.78, 5) is 11.0. The number of nitro groups is 1. The first kappa shape index (κ1) is 14.9. The van der Waals surface area contributed by atoms with Crippen molar-refractivity contribution in [2.24, 2.45) is 0 Å². The molecule has 24 heavy (non-hydrogen) atoms. The van der Waals surface area contributed by atoms with E-state index in [1.165, 1.54) is 12.5 Å². The molecule has 1 aliphatic heterocycles. The Kier molecular flexibility index (Phi) is 3.75. The third kappa shape index (κ3) is 2.66. The van der Waals surface area contributed by atoms with Crippen LogP contribution >= 0.6 is 0 Å². The van der Waals surface area contributed by atoms with E-state index >= 15 is 0 Å². The molecule has 3 aromatic rings. The van der Waals surface area contributed by atoms with Gasteiger partial charge in [-0.3, -0.25) is 14.8 Å². The van der Waals surface area contributed by atoms with Crippen molar-refractivity contribution in [2.75, 3.05) is 13.2 Å². The molecule has 1 saturated heterocycles. The molecule has 124 valence electrons. The summed E-state index contributed by atoms with van der Waals surface area (Å²) in [7, 11) is 0. The van der Waals surface area contributed by atoms with E-state index < -0.39 is 0 Å². The third-order valence-corrected chi connectivity index (χ3v) is 4.06. The van der Waals surface area contributed by atoms with Crippen molar-refractivity contribution in [3.05, 3.63) is 47.0 Å². The second-order valence-electron chi connectivity index (χ2n) is 5.52. The number of fused-ring (bicyclic) bond motifs is 1. The largest absolute Gasteiger partial charge is 0.472 e. The van der Waals surface area contributed by atoms with Crippen molar-refractivity contribution in [3.8, 4) is 11.1 Å². The van der Waals surface area contributed by atoms with E-state index in [4.69, 9.17) is 13.9 Å². The predicted molar refractivity (Wildman–Crippen MR) is 84.4 cm³/mol. The fourth-order valence-corrected chi connectivity index (χ4v) is 2.89. The molecule has 0 amide bonds. The molecule has 1 aromatic carbocycles. The first-order chi connectivity index (χ1) is 11.7. The van der Waals surface area contributed by atoms with Gasteiger partial charge < -0.3 is 13.9 Å². The van der Waals surface area contributed by atoms with Gasteiger partial charge in [0, 0.05) is 30.0 Å². The quantitative estimate of drug-likeness (QED) is 0.528. The van der Waals surface area contributed by atoms with Crippen molar-refractivity contribution in [3.63, 3.8) is 0 Å². The highest BCUT2D eigenvalue weighted by atomic mass is 16.7. The van der Waals surface area contributed by atoms with Crippen LogP contribution in [0.5, 0.6) is 0 Å². The van der Waals surface area contributed by atoms with Gasteiger partial charge in [-0.2, -0.15) is 5.10 Å². The average molecular weight is 329 g/mol. The zero-order chi connectivity index (χ0) is 16.5. The van der Waals surface area contributed by atoms with Crippen molar-refractivity contribution in [2.45, 2.75) is 19.3 Å². The van der Waals surface area contributed by atoms with Crippen LogP contribution in [0.4, 0.5) is 5.69 Å². The molecule has 3 heterocycles. The molecule has 4 rings (SSSR count). The number of hydrogen-bond donors (Lipinski definition) is 0. The molecule has 8 nitrogen and oxygen atoms in total. The molecule has 2 aromatic heterocycles. The minimum atomic E-state index is -0.390. The van der Waals surface area contributed by atoms with Crippen LogP contribution in [0.1, 0.15) is 6.42 Å². The molecular weight excluding hydrogens is 314 g/mol. The van der Waals surface area contributed by atoms with Crippen LogP contribution in [0.25, 0.3) is 22.0 Å². The maximum Gasteiger partial charge on any atom is 0.278 e. The minimum Gasteiger partial charge on any atom is -0.472 e. The van der Waals surface area contributed by atoms with E-state index in [1.54, 1.807) is 24.4 Å². The molecule has 0 bridgehead atoms. The molecule has 0 saturated carbocycles. The second kappa shape index (κ2) is 6.06. The van der Waals surface area contributed by atoms with E-state index in [0.29, 0.717) is 37.3 Å². The van der Waals surface area contributed by atoms with Crippen LogP contribution < -0.4 is 0 Å². The Labute approximate surface area is 136 Å². The van der Waals surface area contributed by atoms with E-state index in [1.807, 2.05) is 4.68 Å². The lowest BCUT2D eigenvalue weighted by molar-refractivity contribution is -0.384. The summed E-state index contributed by atoms with van der Waals surface area (Å²) in [5.74, 6) is 0. The van der Waals surface area contributed by atoms with Crippen LogP contribution in [-0.4, -0.2) is 34.2 Å². The van der Waals surface area contributed by atoms with Gasteiger partial charge in [-0.1, -0.05) is 0 Å². The Morgan fingerprint density at radius 2 is 2.17 bits per heavy atom. The van der Waals surface area contributed by atoms with Gasteiger partial charge in [0.1, 0.15) is 0 Å². The molecular formula is C16H15N3O5. The Hall–Kier alpha value is -2.71. The highest BCUT2D eigenvalue weighted by Crippen LogP contribution is 2.34. The first-order valence-electron chi connectivity index (χ1n) is 7.62. The maximum atomic E-state index is 11.4.